The lowest BCUT2D eigenvalue weighted by Crippen LogP contribution is -2.38. The molecule has 206 valence electrons. The number of halogens is 5. The van der Waals surface area contributed by atoms with Crippen LogP contribution in [0.4, 0.5) is 13.2 Å². The lowest BCUT2D eigenvalue weighted by atomic mass is 10.1. The van der Waals surface area contributed by atoms with E-state index < -0.39 is 12.2 Å². The molecule has 5 rings (SSSR count). The Morgan fingerprint density at radius 3 is 2.55 bits per heavy atom. The van der Waals surface area contributed by atoms with Crippen LogP contribution in [0.3, 0.4) is 0 Å². The average Bonchev–Trinajstić information content (AvgIpc) is 3.44. The Hall–Kier alpha value is -2.70. The monoisotopic (exact) mass is 572 g/mol. The Morgan fingerprint density at radius 1 is 1.11 bits per heavy atom. The Bertz CT molecular complexity index is 1390. The highest BCUT2D eigenvalue weighted by Crippen LogP contribution is 2.39. The predicted octanol–water partition coefficient (Wildman–Crippen LogP) is 4.84. The number of nitrogens with zero attached hydrogens (tertiary/aromatic N) is 5. The van der Waals surface area contributed by atoms with Crippen molar-refractivity contribution in [2.75, 3.05) is 26.8 Å². The summed E-state index contributed by atoms with van der Waals surface area (Å²) in [5, 5.41) is 9.26. The number of alkyl halides is 3. The molecule has 1 aliphatic heterocycles. The van der Waals surface area contributed by atoms with Crippen molar-refractivity contribution in [2.24, 2.45) is 5.73 Å². The van der Waals surface area contributed by atoms with E-state index in [4.69, 9.17) is 20.2 Å². The zero-order valence-electron chi connectivity index (χ0n) is 20.8. The second-order valence-electron chi connectivity index (χ2n) is 9.14. The summed E-state index contributed by atoms with van der Waals surface area (Å²) in [5.74, 6) is 0.994. The molecule has 38 heavy (non-hydrogen) atoms. The molecule has 4 heterocycles. The second kappa shape index (κ2) is 12.0. The van der Waals surface area contributed by atoms with Crippen LogP contribution in [0.5, 0.6) is 5.75 Å². The first-order chi connectivity index (χ1) is 17.2. The Kier molecular flexibility index (Phi) is 9.43. The van der Waals surface area contributed by atoms with Gasteiger partial charge in [0.15, 0.2) is 11.5 Å². The zero-order chi connectivity index (χ0) is 25.4. The molecule has 3 aromatic heterocycles. The number of pyridine rings is 2. The Labute approximate surface area is 230 Å². The fourth-order valence-corrected chi connectivity index (χ4v) is 4.70. The molecule has 1 aromatic carbocycles. The van der Waals surface area contributed by atoms with Gasteiger partial charge in [0, 0.05) is 43.9 Å². The van der Waals surface area contributed by atoms with Crippen molar-refractivity contribution in [3.8, 4) is 17.3 Å². The maximum absolute atomic E-state index is 14.1. The molecule has 0 bridgehead atoms. The van der Waals surface area contributed by atoms with Crippen molar-refractivity contribution >= 4 is 41.4 Å². The number of ether oxygens (including phenoxy) is 2. The van der Waals surface area contributed by atoms with Gasteiger partial charge in [-0.2, -0.15) is 13.2 Å². The van der Waals surface area contributed by atoms with Gasteiger partial charge in [0.1, 0.15) is 23.6 Å². The van der Waals surface area contributed by atoms with Gasteiger partial charge in [-0.25, -0.2) is 4.98 Å². The predicted molar refractivity (Wildman–Crippen MR) is 143 cm³/mol. The van der Waals surface area contributed by atoms with Gasteiger partial charge in [-0.3, -0.25) is 9.30 Å². The van der Waals surface area contributed by atoms with E-state index in [1.807, 2.05) is 31.2 Å². The minimum atomic E-state index is -4.45. The Balaban J connectivity index is 0.00000200. The third-order valence-electron chi connectivity index (χ3n) is 6.30. The van der Waals surface area contributed by atoms with Gasteiger partial charge in [0.05, 0.1) is 12.1 Å². The third kappa shape index (κ3) is 6.13. The summed E-state index contributed by atoms with van der Waals surface area (Å²) < 4.78 is 54.9. The van der Waals surface area contributed by atoms with Crippen LogP contribution in [-0.2, 0) is 4.74 Å². The van der Waals surface area contributed by atoms with Crippen LogP contribution in [0, 0.1) is 0 Å². The minimum absolute atomic E-state index is 0. The third-order valence-corrected chi connectivity index (χ3v) is 6.30. The van der Waals surface area contributed by atoms with E-state index in [-0.39, 0.29) is 55.6 Å². The van der Waals surface area contributed by atoms with Crippen LogP contribution >= 0.6 is 24.8 Å². The van der Waals surface area contributed by atoms with Crippen LogP contribution in [0.15, 0.2) is 48.7 Å². The van der Waals surface area contributed by atoms with Crippen LogP contribution in [-0.4, -0.2) is 69.6 Å². The minimum Gasteiger partial charge on any atom is -0.488 e. The van der Waals surface area contributed by atoms with Crippen LogP contribution in [0.1, 0.15) is 24.9 Å². The number of hydrogen-bond donors (Lipinski definition) is 1. The van der Waals surface area contributed by atoms with Gasteiger partial charge in [0.2, 0.25) is 0 Å². The number of rotatable bonds is 7. The van der Waals surface area contributed by atoms with Crippen LogP contribution in [0.25, 0.3) is 28.1 Å². The van der Waals surface area contributed by atoms with Crippen molar-refractivity contribution in [2.45, 2.75) is 37.7 Å². The normalized spacial score (nSPS) is 17.7. The maximum Gasteiger partial charge on any atom is 0.408 e. The number of aromatic nitrogens is 4. The number of benzene rings is 1. The van der Waals surface area contributed by atoms with Gasteiger partial charge in [0.25, 0.3) is 0 Å². The first kappa shape index (κ1) is 29.9. The summed E-state index contributed by atoms with van der Waals surface area (Å²) in [4.78, 5) is 6.09. The standard InChI is InChI=1S/C25H27F3N6O2.2ClH/c1-15(14-35-2)36-19-6-3-16-4-7-20(30-21(16)11-19)24-32-31-22-8-5-17(12-34(22)24)23(25(26,27)28)33-10-9-18(29)13-33;;/h3-8,11-12,15,18,23H,9-10,13-14,29H2,1-2H3;2*1H/t15-,18+,23-;;/m1../s1. The van der Waals surface area contributed by atoms with Gasteiger partial charge >= 0.3 is 6.18 Å². The molecule has 0 saturated carbocycles. The topological polar surface area (TPSA) is 90.8 Å². The molecule has 0 amide bonds. The van der Waals surface area contributed by atoms with Gasteiger partial charge in [-0.15, -0.1) is 35.0 Å². The van der Waals surface area contributed by atoms with E-state index in [9.17, 15) is 13.2 Å². The average molecular weight is 573 g/mol. The molecule has 0 radical (unpaired) electrons. The van der Waals surface area contributed by atoms with E-state index in [0.717, 1.165) is 5.39 Å². The van der Waals surface area contributed by atoms with Gasteiger partial charge < -0.3 is 15.2 Å². The summed E-state index contributed by atoms with van der Waals surface area (Å²) in [7, 11) is 1.61. The molecular weight excluding hydrogens is 544 g/mol. The lowest BCUT2D eigenvalue weighted by molar-refractivity contribution is -0.183. The SMILES string of the molecule is COC[C@@H](C)Oc1ccc2ccc(-c3nnc4ccc([C@@H](N5CC[C@H](N)C5)C(F)(F)F)cn34)nc2c1.Cl.Cl. The van der Waals surface area contributed by atoms with E-state index in [1.54, 1.807) is 23.6 Å². The quantitative estimate of drug-likeness (QED) is 0.339. The molecular formula is C25H29Cl2F3N6O2. The molecule has 0 aliphatic carbocycles. The fourth-order valence-electron chi connectivity index (χ4n) is 4.70. The summed E-state index contributed by atoms with van der Waals surface area (Å²) in [6, 6.07) is 10.2. The highest BCUT2D eigenvalue weighted by molar-refractivity contribution is 5.85. The van der Waals surface area contributed by atoms with Crippen molar-refractivity contribution in [1.82, 2.24) is 24.5 Å². The molecule has 1 saturated heterocycles. The smallest absolute Gasteiger partial charge is 0.408 e. The molecule has 1 aliphatic rings. The van der Waals surface area contributed by atoms with Crippen molar-refractivity contribution in [3.05, 3.63) is 54.2 Å². The zero-order valence-corrected chi connectivity index (χ0v) is 22.4. The number of nitrogens with two attached hydrogens (primary N) is 1. The van der Waals surface area contributed by atoms with Crippen molar-refractivity contribution in [1.29, 1.82) is 0 Å². The van der Waals surface area contributed by atoms with Crippen LogP contribution < -0.4 is 10.5 Å². The second-order valence-corrected chi connectivity index (χ2v) is 9.14. The number of fused-ring (bicyclic) bond motifs is 2. The van der Waals surface area contributed by atoms with E-state index in [2.05, 4.69) is 10.2 Å². The lowest BCUT2D eigenvalue weighted by Gasteiger charge is -2.30. The highest BCUT2D eigenvalue weighted by atomic mass is 35.5. The van der Waals surface area contributed by atoms with Crippen molar-refractivity contribution < 1.29 is 22.6 Å². The van der Waals surface area contributed by atoms with Crippen LogP contribution in [0.2, 0.25) is 0 Å². The van der Waals surface area contributed by atoms with Gasteiger partial charge in [-0.1, -0.05) is 12.1 Å². The molecule has 4 aromatic rings. The molecule has 3 atom stereocenters. The first-order valence-corrected chi connectivity index (χ1v) is 11.7. The fraction of sp³-hybridized carbons (Fsp3) is 0.400. The van der Waals surface area contributed by atoms with Gasteiger partial charge in [-0.05, 0) is 43.2 Å². The summed E-state index contributed by atoms with van der Waals surface area (Å²) in [6.45, 7) is 2.83. The maximum atomic E-state index is 14.1. The first-order valence-electron chi connectivity index (χ1n) is 11.7. The largest absolute Gasteiger partial charge is 0.488 e. The number of methoxy groups -OCH3 is 1. The summed E-state index contributed by atoms with van der Waals surface area (Å²) in [5.41, 5.74) is 7.59. The molecule has 0 unspecified atom stereocenters. The van der Waals surface area contributed by atoms with E-state index in [1.165, 1.54) is 17.2 Å². The van der Waals surface area contributed by atoms with E-state index in [0.29, 0.717) is 41.5 Å². The van der Waals surface area contributed by atoms with E-state index >= 15 is 0 Å². The molecule has 8 nitrogen and oxygen atoms in total. The highest BCUT2D eigenvalue weighted by Gasteiger charge is 2.46. The molecule has 0 spiro atoms. The number of hydrogen-bond acceptors (Lipinski definition) is 7. The molecule has 2 N–H and O–H groups in total. The number of likely N-dealkylation sites (tertiary alicyclic amines) is 1. The molecule has 13 heteroatoms. The summed E-state index contributed by atoms with van der Waals surface area (Å²) >= 11 is 0. The molecule has 1 fully saturated rings. The summed E-state index contributed by atoms with van der Waals surface area (Å²) in [6.07, 6.45) is -2.61. The Morgan fingerprint density at radius 2 is 1.87 bits per heavy atom. The van der Waals surface area contributed by atoms with Crippen molar-refractivity contribution in [3.63, 3.8) is 0 Å².